The van der Waals surface area contributed by atoms with Crippen molar-refractivity contribution in [3.63, 3.8) is 0 Å². The lowest BCUT2D eigenvalue weighted by atomic mass is 9.83. The van der Waals surface area contributed by atoms with Gasteiger partial charge in [0.05, 0.1) is 18.7 Å². The molecule has 0 spiro atoms. The summed E-state index contributed by atoms with van der Waals surface area (Å²) in [5, 5.41) is 3.54. The average molecular weight is 531 g/mol. The van der Waals surface area contributed by atoms with Gasteiger partial charge in [-0.25, -0.2) is 4.79 Å². The molecule has 1 N–H and O–H groups in total. The molecule has 1 aliphatic heterocycles. The Bertz CT molecular complexity index is 1340. The Hall–Kier alpha value is -3.90. The molecule has 7 heteroatoms. The molecule has 196 valence electrons. The SMILES string of the molecule is CCOC(=O)C1=C(C)N(Cc2cccc(C(=O)NCCc3ccccc3)c2)C(=O)CC1c1ccc(Cl)cc1. The van der Waals surface area contributed by atoms with Crippen molar-refractivity contribution in [3.8, 4) is 0 Å². The second-order valence-corrected chi connectivity index (χ2v) is 9.64. The summed E-state index contributed by atoms with van der Waals surface area (Å²) in [6, 6.07) is 24.4. The summed E-state index contributed by atoms with van der Waals surface area (Å²) >= 11 is 6.05. The first-order valence-electron chi connectivity index (χ1n) is 12.7. The van der Waals surface area contributed by atoms with E-state index in [1.165, 1.54) is 0 Å². The minimum atomic E-state index is -0.436. The fourth-order valence-electron chi connectivity index (χ4n) is 4.72. The smallest absolute Gasteiger partial charge is 0.336 e. The lowest BCUT2D eigenvalue weighted by molar-refractivity contribution is -0.140. The van der Waals surface area contributed by atoms with Crippen molar-refractivity contribution in [2.24, 2.45) is 0 Å². The van der Waals surface area contributed by atoms with Crippen LogP contribution in [0.1, 0.15) is 53.2 Å². The van der Waals surface area contributed by atoms with Gasteiger partial charge >= 0.3 is 5.97 Å². The summed E-state index contributed by atoms with van der Waals surface area (Å²) in [4.78, 5) is 40.7. The topological polar surface area (TPSA) is 75.7 Å². The van der Waals surface area contributed by atoms with Crippen molar-refractivity contribution in [1.82, 2.24) is 10.2 Å². The summed E-state index contributed by atoms with van der Waals surface area (Å²) in [5.41, 5.74) is 4.31. The van der Waals surface area contributed by atoms with E-state index in [0.717, 1.165) is 23.1 Å². The van der Waals surface area contributed by atoms with Crippen LogP contribution < -0.4 is 5.32 Å². The summed E-state index contributed by atoms with van der Waals surface area (Å²) in [6.45, 7) is 4.53. The van der Waals surface area contributed by atoms with Gasteiger partial charge in [0.25, 0.3) is 5.91 Å². The number of hydrogen-bond acceptors (Lipinski definition) is 4. The standard InChI is InChI=1S/C31H31ClN2O4/c1-3-38-31(37)29-21(2)34(28(35)19-27(29)24-12-14-26(32)15-13-24)20-23-10-7-11-25(18-23)30(36)33-17-16-22-8-5-4-6-9-22/h4-15,18,27H,3,16-17,19-20H2,1-2H3,(H,33,36). The van der Waals surface area contributed by atoms with Crippen LogP contribution >= 0.6 is 11.6 Å². The first kappa shape index (κ1) is 27.1. The molecule has 1 atom stereocenters. The zero-order valence-electron chi connectivity index (χ0n) is 21.6. The van der Waals surface area contributed by atoms with E-state index < -0.39 is 11.9 Å². The highest BCUT2D eigenvalue weighted by Gasteiger charge is 2.36. The van der Waals surface area contributed by atoms with Gasteiger partial charge in [-0.3, -0.25) is 9.59 Å². The first-order chi connectivity index (χ1) is 18.4. The van der Waals surface area contributed by atoms with Crippen LogP contribution in [-0.2, 0) is 27.3 Å². The van der Waals surface area contributed by atoms with Crippen LogP contribution in [0, 0.1) is 0 Å². The molecule has 0 radical (unpaired) electrons. The Morgan fingerprint density at radius 2 is 1.71 bits per heavy atom. The maximum atomic E-state index is 13.3. The number of hydrogen-bond donors (Lipinski definition) is 1. The summed E-state index contributed by atoms with van der Waals surface area (Å²) < 4.78 is 5.37. The molecule has 1 unspecified atom stereocenters. The predicted octanol–water partition coefficient (Wildman–Crippen LogP) is 5.67. The highest BCUT2D eigenvalue weighted by atomic mass is 35.5. The molecule has 4 rings (SSSR count). The molecule has 0 fully saturated rings. The summed E-state index contributed by atoms with van der Waals surface area (Å²) in [6.07, 6.45) is 0.872. The average Bonchev–Trinajstić information content (AvgIpc) is 2.92. The number of carbonyl (C=O) groups is 3. The van der Waals surface area contributed by atoms with Gasteiger partial charge in [-0.15, -0.1) is 0 Å². The monoisotopic (exact) mass is 530 g/mol. The highest BCUT2D eigenvalue weighted by molar-refractivity contribution is 6.30. The molecule has 0 saturated carbocycles. The molecule has 0 aliphatic carbocycles. The molecule has 3 aromatic rings. The minimum absolute atomic E-state index is 0.104. The molecule has 3 aromatic carbocycles. The largest absolute Gasteiger partial charge is 0.463 e. The molecular weight excluding hydrogens is 500 g/mol. The third kappa shape index (κ3) is 6.50. The van der Waals surface area contributed by atoms with Gasteiger partial charge in [0.1, 0.15) is 0 Å². The Morgan fingerprint density at radius 3 is 2.42 bits per heavy atom. The lowest BCUT2D eigenvalue weighted by Crippen LogP contribution is -2.38. The zero-order chi connectivity index (χ0) is 27.1. The summed E-state index contributed by atoms with van der Waals surface area (Å²) in [5.74, 6) is -1.13. The quantitative estimate of drug-likeness (QED) is 0.362. The van der Waals surface area contributed by atoms with Crippen LogP contribution in [0.25, 0.3) is 0 Å². The molecule has 0 aromatic heterocycles. The van der Waals surface area contributed by atoms with Crippen molar-refractivity contribution >= 4 is 29.4 Å². The first-order valence-corrected chi connectivity index (χ1v) is 13.1. The number of allylic oxidation sites excluding steroid dienone is 1. The number of esters is 1. The number of carbonyl (C=O) groups excluding carboxylic acids is 3. The van der Waals surface area contributed by atoms with Gasteiger partial charge in [-0.1, -0.05) is 66.2 Å². The van der Waals surface area contributed by atoms with Crippen molar-refractivity contribution in [2.75, 3.05) is 13.2 Å². The highest BCUT2D eigenvalue weighted by Crippen LogP contribution is 2.38. The second-order valence-electron chi connectivity index (χ2n) is 9.20. The van der Waals surface area contributed by atoms with E-state index in [1.807, 2.05) is 48.5 Å². The van der Waals surface area contributed by atoms with Gasteiger partial charge < -0.3 is 15.0 Å². The normalized spacial score (nSPS) is 15.4. The number of amides is 2. The Morgan fingerprint density at radius 1 is 1.00 bits per heavy atom. The van der Waals surface area contributed by atoms with Crippen LogP contribution in [0.15, 0.2) is 90.1 Å². The summed E-state index contributed by atoms with van der Waals surface area (Å²) in [7, 11) is 0. The third-order valence-electron chi connectivity index (χ3n) is 6.66. The van der Waals surface area contributed by atoms with Crippen molar-refractivity contribution in [2.45, 2.75) is 39.2 Å². The zero-order valence-corrected chi connectivity index (χ0v) is 22.3. The lowest BCUT2D eigenvalue weighted by Gasteiger charge is -2.34. The maximum Gasteiger partial charge on any atom is 0.336 e. The molecule has 2 amide bonds. The van der Waals surface area contributed by atoms with Crippen LogP contribution in [0.4, 0.5) is 0 Å². The van der Waals surface area contributed by atoms with E-state index in [1.54, 1.807) is 49.1 Å². The van der Waals surface area contributed by atoms with Crippen molar-refractivity contribution < 1.29 is 19.1 Å². The molecule has 38 heavy (non-hydrogen) atoms. The molecular formula is C31H31ClN2O4. The number of nitrogens with zero attached hydrogens (tertiary/aromatic N) is 1. The van der Waals surface area contributed by atoms with Gasteiger partial charge in [-0.05, 0) is 61.2 Å². The molecule has 6 nitrogen and oxygen atoms in total. The van der Waals surface area contributed by atoms with E-state index in [0.29, 0.717) is 28.4 Å². The number of nitrogens with one attached hydrogen (secondary N) is 1. The minimum Gasteiger partial charge on any atom is -0.463 e. The predicted molar refractivity (Wildman–Crippen MR) is 148 cm³/mol. The van der Waals surface area contributed by atoms with Crippen LogP contribution in [0.5, 0.6) is 0 Å². The fourth-order valence-corrected chi connectivity index (χ4v) is 4.84. The van der Waals surface area contributed by atoms with Crippen LogP contribution in [0.3, 0.4) is 0 Å². The van der Waals surface area contributed by atoms with Crippen molar-refractivity contribution in [1.29, 1.82) is 0 Å². The van der Waals surface area contributed by atoms with Crippen LogP contribution in [-0.4, -0.2) is 35.8 Å². The number of ether oxygens (including phenoxy) is 1. The van der Waals surface area contributed by atoms with Crippen LogP contribution in [0.2, 0.25) is 5.02 Å². The Kier molecular flexibility index (Phi) is 8.98. The molecule has 0 saturated heterocycles. The Balaban J connectivity index is 1.53. The van der Waals surface area contributed by atoms with E-state index in [-0.39, 0.29) is 31.4 Å². The van der Waals surface area contributed by atoms with Gasteiger partial charge in [-0.2, -0.15) is 0 Å². The number of rotatable bonds is 9. The van der Waals surface area contributed by atoms with Crippen molar-refractivity contribution in [3.05, 3.63) is 117 Å². The number of halogens is 1. The molecule has 1 heterocycles. The van der Waals surface area contributed by atoms with E-state index in [2.05, 4.69) is 5.32 Å². The van der Waals surface area contributed by atoms with Gasteiger partial charge in [0.2, 0.25) is 5.91 Å². The van der Waals surface area contributed by atoms with E-state index in [9.17, 15) is 14.4 Å². The number of benzene rings is 3. The fraction of sp³-hybridized carbons (Fsp3) is 0.258. The second kappa shape index (κ2) is 12.6. The van der Waals surface area contributed by atoms with Gasteiger partial charge in [0.15, 0.2) is 0 Å². The Labute approximate surface area is 228 Å². The van der Waals surface area contributed by atoms with E-state index in [4.69, 9.17) is 16.3 Å². The molecule has 0 bridgehead atoms. The third-order valence-corrected chi connectivity index (χ3v) is 6.91. The van der Waals surface area contributed by atoms with Gasteiger partial charge in [0, 0.05) is 35.2 Å². The molecule has 1 aliphatic rings. The van der Waals surface area contributed by atoms with E-state index >= 15 is 0 Å². The maximum absolute atomic E-state index is 13.3.